The Balaban J connectivity index is 3.07. The van der Waals surface area contributed by atoms with E-state index in [0.717, 1.165) is 11.3 Å². The molecule has 0 amide bonds. The van der Waals surface area contributed by atoms with E-state index >= 15 is 0 Å². The summed E-state index contributed by atoms with van der Waals surface area (Å²) in [5.41, 5.74) is 1.80. The molecular weight excluding hydrogens is 522 g/mol. The van der Waals surface area contributed by atoms with E-state index < -0.39 is 5.97 Å². The Kier molecular flexibility index (Phi) is 18.7. The first-order valence-electron chi connectivity index (χ1n) is 12.2. The van der Waals surface area contributed by atoms with Gasteiger partial charge in [-0.3, -0.25) is 35.3 Å². The first-order chi connectivity index (χ1) is 18.4. The average Bonchev–Trinajstić information content (AvgIpc) is 2.90. The Bertz CT molecular complexity index is 770. The molecular formula is C23H41N5O9S. The lowest BCUT2D eigenvalue weighted by Crippen LogP contribution is -2.50. The predicted molar refractivity (Wildman–Crippen MR) is 144 cm³/mol. The van der Waals surface area contributed by atoms with E-state index in [9.17, 15) is 15.0 Å². The highest BCUT2D eigenvalue weighted by atomic mass is 32.1. The molecule has 0 spiro atoms. The summed E-state index contributed by atoms with van der Waals surface area (Å²) in [5, 5.41) is 51.9. The number of nitrogens with one attached hydrogen (secondary N) is 2. The third-order valence-electron chi connectivity index (χ3n) is 5.84. The fraction of sp³-hybridized carbons (Fsp3) is 0.652. The van der Waals surface area contributed by atoms with Gasteiger partial charge in [0.1, 0.15) is 0 Å². The molecule has 0 bridgehead atoms. The van der Waals surface area contributed by atoms with E-state index in [1.165, 1.54) is 0 Å². The average molecular weight is 564 g/mol. The van der Waals surface area contributed by atoms with Gasteiger partial charge in [-0.15, -0.1) is 0 Å². The van der Waals surface area contributed by atoms with E-state index in [0.29, 0.717) is 57.3 Å². The van der Waals surface area contributed by atoms with E-state index in [4.69, 9.17) is 28.0 Å². The van der Waals surface area contributed by atoms with Gasteiger partial charge in [-0.2, -0.15) is 0 Å². The molecule has 218 valence electrons. The minimum Gasteiger partial charge on any atom is -0.480 e. The molecule has 0 saturated carbocycles. The molecule has 0 aliphatic rings. The highest BCUT2D eigenvalue weighted by molar-refractivity contribution is 7.80. The van der Waals surface area contributed by atoms with Crippen molar-refractivity contribution >= 4 is 29.0 Å². The first-order valence-corrected chi connectivity index (χ1v) is 12.7. The molecule has 1 aromatic carbocycles. The first kappa shape index (κ1) is 34.0. The maximum Gasteiger partial charge on any atom is 0.317 e. The van der Waals surface area contributed by atoms with Crippen LogP contribution in [0, 0.1) is 0 Å². The molecule has 0 aromatic heterocycles. The van der Waals surface area contributed by atoms with Gasteiger partial charge in [0.05, 0.1) is 33.0 Å². The Morgan fingerprint density at radius 2 is 1.50 bits per heavy atom. The number of benzene rings is 1. The number of carboxylic acid groups (broad SMARTS) is 1. The van der Waals surface area contributed by atoms with Gasteiger partial charge in [-0.25, -0.2) is 14.7 Å². The molecule has 0 radical (unpaired) electrons. The summed E-state index contributed by atoms with van der Waals surface area (Å²) < 4.78 is 0. The second kappa shape index (κ2) is 20.9. The SMILES string of the molecule is CNC(=S)Nc1ccc(CC(CN(CCN(CCOO)CCOO)CC(=O)O)N(CCO)CCOO)cc1. The summed E-state index contributed by atoms with van der Waals surface area (Å²) in [5.74, 6) is -0.990. The number of thiocarbonyl (C=S) groups is 1. The van der Waals surface area contributed by atoms with Crippen molar-refractivity contribution in [3.05, 3.63) is 29.8 Å². The number of rotatable bonds is 22. The summed E-state index contributed by atoms with van der Waals surface area (Å²) >= 11 is 5.14. The van der Waals surface area contributed by atoms with E-state index in [2.05, 4.69) is 25.3 Å². The van der Waals surface area contributed by atoms with Gasteiger partial charge in [0.15, 0.2) is 5.11 Å². The van der Waals surface area contributed by atoms with Crippen LogP contribution < -0.4 is 10.6 Å². The van der Waals surface area contributed by atoms with Gasteiger partial charge < -0.3 is 20.8 Å². The van der Waals surface area contributed by atoms with Crippen LogP contribution in [-0.2, 0) is 25.9 Å². The molecule has 0 aliphatic carbocycles. The molecule has 7 N–H and O–H groups in total. The quantitative estimate of drug-likeness (QED) is 0.0567. The number of hydrogen-bond donors (Lipinski definition) is 7. The Hall–Kier alpha value is -2.02. The van der Waals surface area contributed by atoms with E-state index in [1.807, 2.05) is 34.1 Å². The molecule has 38 heavy (non-hydrogen) atoms. The van der Waals surface area contributed by atoms with Crippen molar-refractivity contribution in [2.24, 2.45) is 0 Å². The zero-order valence-electron chi connectivity index (χ0n) is 21.7. The van der Waals surface area contributed by atoms with Crippen molar-refractivity contribution in [1.82, 2.24) is 20.0 Å². The van der Waals surface area contributed by atoms with Crippen molar-refractivity contribution in [1.29, 1.82) is 0 Å². The maximum atomic E-state index is 11.7. The summed E-state index contributed by atoms with van der Waals surface area (Å²) in [6.45, 7) is 2.25. The van der Waals surface area contributed by atoms with Crippen molar-refractivity contribution in [2.45, 2.75) is 12.5 Å². The van der Waals surface area contributed by atoms with Crippen molar-refractivity contribution in [3.63, 3.8) is 0 Å². The zero-order valence-corrected chi connectivity index (χ0v) is 22.5. The second-order valence-corrected chi connectivity index (χ2v) is 8.90. The van der Waals surface area contributed by atoms with Crippen LogP contribution in [0.4, 0.5) is 5.69 Å². The molecule has 1 rings (SSSR count). The number of aliphatic hydroxyl groups excluding tert-OH is 1. The highest BCUT2D eigenvalue weighted by Crippen LogP contribution is 2.15. The monoisotopic (exact) mass is 563 g/mol. The number of nitrogens with zero attached hydrogens (tertiary/aromatic N) is 3. The van der Waals surface area contributed by atoms with Crippen LogP contribution in [0.1, 0.15) is 5.56 Å². The van der Waals surface area contributed by atoms with Crippen LogP contribution in [0.15, 0.2) is 24.3 Å². The molecule has 0 aliphatic heterocycles. The standard InChI is InChI=1S/C23H41N5O9S/c1-24-23(38)25-20-4-2-19(3-5-20)16-21(28(8-12-29)11-15-37-34)17-27(18-22(30)31)7-6-26(9-13-35-32)10-14-36-33/h2-5,21,29,32-34H,6-18H2,1H3,(H,30,31)(H2,24,25,38). The lowest BCUT2D eigenvalue weighted by Gasteiger charge is -2.35. The van der Waals surface area contributed by atoms with Crippen LogP contribution in [0.3, 0.4) is 0 Å². The van der Waals surface area contributed by atoms with Gasteiger partial charge in [0.2, 0.25) is 0 Å². The highest BCUT2D eigenvalue weighted by Gasteiger charge is 2.24. The van der Waals surface area contributed by atoms with Crippen LogP contribution in [0.2, 0.25) is 0 Å². The third-order valence-corrected chi connectivity index (χ3v) is 6.15. The van der Waals surface area contributed by atoms with Crippen molar-refractivity contribution in [2.75, 3.05) is 91.2 Å². The van der Waals surface area contributed by atoms with Crippen molar-refractivity contribution in [3.8, 4) is 0 Å². The van der Waals surface area contributed by atoms with Crippen LogP contribution in [-0.4, -0.2) is 144 Å². The summed E-state index contributed by atoms with van der Waals surface area (Å²) in [6.07, 6.45) is 0.540. The predicted octanol–water partition coefficient (Wildman–Crippen LogP) is -0.0344. The lowest BCUT2D eigenvalue weighted by atomic mass is 10.0. The van der Waals surface area contributed by atoms with E-state index in [1.54, 1.807) is 11.9 Å². The normalized spacial score (nSPS) is 12.3. The van der Waals surface area contributed by atoms with Crippen LogP contribution in [0.5, 0.6) is 0 Å². The van der Waals surface area contributed by atoms with Crippen LogP contribution >= 0.6 is 12.2 Å². The number of carbonyl (C=O) groups is 1. The van der Waals surface area contributed by atoms with Gasteiger partial charge in [-0.1, -0.05) is 12.1 Å². The fourth-order valence-corrected chi connectivity index (χ4v) is 4.06. The van der Waals surface area contributed by atoms with Crippen LogP contribution in [0.25, 0.3) is 0 Å². The molecule has 0 fully saturated rings. The molecule has 0 saturated heterocycles. The topological polar surface area (TPSA) is 180 Å². The Labute approximate surface area is 228 Å². The molecule has 14 nitrogen and oxygen atoms in total. The van der Waals surface area contributed by atoms with Crippen molar-refractivity contribution < 1.29 is 45.4 Å². The largest absolute Gasteiger partial charge is 0.480 e. The minimum atomic E-state index is -0.990. The zero-order chi connectivity index (χ0) is 28.2. The van der Waals surface area contributed by atoms with Gasteiger partial charge in [0, 0.05) is 64.6 Å². The Morgan fingerprint density at radius 1 is 0.921 bits per heavy atom. The smallest absolute Gasteiger partial charge is 0.317 e. The number of aliphatic hydroxyl groups is 1. The molecule has 1 aromatic rings. The summed E-state index contributed by atoms with van der Waals surface area (Å²) in [7, 11) is 1.73. The van der Waals surface area contributed by atoms with Gasteiger partial charge in [0.25, 0.3) is 0 Å². The summed E-state index contributed by atoms with van der Waals surface area (Å²) in [6, 6.07) is 7.45. The second-order valence-electron chi connectivity index (χ2n) is 8.49. The minimum absolute atomic E-state index is 0.0237. The molecule has 0 heterocycles. The summed E-state index contributed by atoms with van der Waals surface area (Å²) in [4.78, 5) is 29.9. The lowest BCUT2D eigenvalue weighted by molar-refractivity contribution is -0.251. The van der Waals surface area contributed by atoms with E-state index in [-0.39, 0.29) is 39.0 Å². The number of hydrogen-bond acceptors (Lipinski definition) is 12. The fourth-order valence-electron chi connectivity index (χ4n) is 3.94. The van der Waals surface area contributed by atoms with Gasteiger partial charge >= 0.3 is 5.97 Å². The maximum absolute atomic E-state index is 11.7. The number of carboxylic acids is 1. The number of anilines is 1. The molecule has 1 unspecified atom stereocenters. The number of aliphatic carboxylic acids is 1. The van der Waals surface area contributed by atoms with Gasteiger partial charge in [-0.05, 0) is 36.3 Å². The third kappa shape index (κ3) is 14.8. The molecule has 15 heteroatoms. The Morgan fingerprint density at radius 3 is 2.03 bits per heavy atom. The molecule has 1 atom stereocenters.